The van der Waals surface area contributed by atoms with Gasteiger partial charge in [-0.25, -0.2) is 0 Å². The zero-order valence-corrected chi connectivity index (χ0v) is 9.19. The molecule has 0 saturated heterocycles. The summed E-state index contributed by atoms with van der Waals surface area (Å²) in [6.07, 6.45) is 0. The zero-order valence-electron chi connectivity index (χ0n) is 7.31. The van der Waals surface area contributed by atoms with E-state index in [0.29, 0.717) is 0 Å². The topological polar surface area (TPSA) is 0 Å². The Kier molecular flexibility index (Phi) is 4.66. The van der Waals surface area contributed by atoms with Crippen molar-refractivity contribution >= 4 is 14.7 Å². The Morgan fingerprint density at radius 3 is 1.33 bits per heavy atom. The van der Waals surface area contributed by atoms with Crippen LogP contribution in [0, 0.1) is 0 Å². The van der Waals surface area contributed by atoms with Crippen molar-refractivity contribution in [2.45, 2.75) is 49.2 Å². The first kappa shape index (κ1) is 9.56. The molecule has 0 bridgehead atoms. The standard InChI is InChI=1S/C8H19As/c1-6-9(7(2)3)8(4)5/h7-8H,6H2,1-5H3. The Labute approximate surface area is 64.3 Å². The summed E-state index contributed by atoms with van der Waals surface area (Å²) in [7, 11) is 0. The van der Waals surface area contributed by atoms with E-state index in [1.54, 1.807) is 0 Å². The first-order chi connectivity index (χ1) is 4.09. The summed E-state index contributed by atoms with van der Waals surface area (Å²) >= 11 is -0.424. The van der Waals surface area contributed by atoms with Crippen molar-refractivity contribution in [3.63, 3.8) is 0 Å². The van der Waals surface area contributed by atoms with E-state index in [9.17, 15) is 0 Å². The molecule has 0 unspecified atom stereocenters. The molecule has 0 heterocycles. The fourth-order valence-corrected chi connectivity index (χ4v) is 6.89. The van der Waals surface area contributed by atoms with E-state index in [1.807, 2.05) is 0 Å². The average Bonchev–Trinajstić information content (AvgIpc) is 1.64. The third kappa shape index (κ3) is 3.30. The van der Waals surface area contributed by atoms with E-state index in [2.05, 4.69) is 34.6 Å². The van der Waals surface area contributed by atoms with Gasteiger partial charge >= 0.3 is 63.9 Å². The summed E-state index contributed by atoms with van der Waals surface area (Å²) < 4.78 is 2.00. The molecule has 0 aliphatic heterocycles. The summed E-state index contributed by atoms with van der Waals surface area (Å²) in [5.41, 5.74) is 0. The molecule has 0 nitrogen and oxygen atoms in total. The van der Waals surface area contributed by atoms with Crippen LogP contribution in [0.25, 0.3) is 0 Å². The van der Waals surface area contributed by atoms with Gasteiger partial charge in [0.2, 0.25) is 0 Å². The first-order valence-electron chi connectivity index (χ1n) is 3.85. The Morgan fingerprint density at radius 2 is 1.33 bits per heavy atom. The fraction of sp³-hybridized carbons (Fsp3) is 1.00. The second kappa shape index (κ2) is 4.39. The van der Waals surface area contributed by atoms with Crippen LogP contribution in [0.1, 0.15) is 34.6 Å². The van der Waals surface area contributed by atoms with Crippen LogP contribution in [0.2, 0.25) is 14.6 Å². The molecule has 0 amide bonds. The summed E-state index contributed by atoms with van der Waals surface area (Å²) in [6.45, 7) is 11.9. The van der Waals surface area contributed by atoms with Crippen molar-refractivity contribution in [1.29, 1.82) is 0 Å². The van der Waals surface area contributed by atoms with Gasteiger partial charge in [-0.2, -0.15) is 0 Å². The number of hydrogen-bond acceptors (Lipinski definition) is 0. The van der Waals surface area contributed by atoms with Gasteiger partial charge in [-0.05, 0) is 0 Å². The Bertz CT molecular complexity index is 59.0. The van der Waals surface area contributed by atoms with Crippen LogP contribution in [0.15, 0.2) is 0 Å². The molecule has 0 aromatic heterocycles. The third-order valence-corrected chi connectivity index (χ3v) is 8.79. The van der Waals surface area contributed by atoms with Crippen molar-refractivity contribution in [2.75, 3.05) is 0 Å². The molecule has 56 valence electrons. The van der Waals surface area contributed by atoms with Gasteiger partial charge < -0.3 is 0 Å². The minimum absolute atomic E-state index is 0.424. The number of hydrogen-bond donors (Lipinski definition) is 0. The van der Waals surface area contributed by atoms with Gasteiger partial charge in [-0.15, -0.1) is 0 Å². The molecule has 0 saturated carbocycles. The van der Waals surface area contributed by atoms with Gasteiger partial charge in [0.05, 0.1) is 0 Å². The molecule has 0 aliphatic rings. The van der Waals surface area contributed by atoms with Gasteiger partial charge in [-0.3, -0.25) is 0 Å². The summed E-state index contributed by atoms with van der Waals surface area (Å²) in [4.78, 5) is 0. The van der Waals surface area contributed by atoms with Crippen LogP contribution in [-0.2, 0) is 0 Å². The van der Waals surface area contributed by atoms with E-state index < -0.39 is 14.7 Å². The molecule has 1 heteroatoms. The predicted octanol–water partition coefficient (Wildman–Crippen LogP) is 3.32. The van der Waals surface area contributed by atoms with Crippen molar-refractivity contribution in [3.05, 3.63) is 0 Å². The van der Waals surface area contributed by atoms with Crippen LogP contribution in [0.3, 0.4) is 0 Å². The van der Waals surface area contributed by atoms with Gasteiger partial charge in [-0.1, -0.05) is 0 Å². The van der Waals surface area contributed by atoms with Crippen LogP contribution in [0.4, 0.5) is 0 Å². The Balaban J connectivity index is 3.68. The van der Waals surface area contributed by atoms with Gasteiger partial charge in [0, 0.05) is 0 Å². The monoisotopic (exact) mass is 190 g/mol. The molecule has 0 rings (SSSR count). The average molecular weight is 190 g/mol. The molecule has 0 radical (unpaired) electrons. The normalized spacial score (nSPS) is 12.0. The van der Waals surface area contributed by atoms with Gasteiger partial charge in [0.25, 0.3) is 0 Å². The van der Waals surface area contributed by atoms with Crippen LogP contribution in [0.5, 0.6) is 0 Å². The van der Waals surface area contributed by atoms with E-state index in [4.69, 9.17) is 0 Å². The van der Waals surface area contributed by atoms with E-state index in [-0.39, 0.29) is 0 Å². The van der Waals surface area contributed by atoms with E-state index in [1.165, 1.54) is 5.21 Å². The van der Waals surface area contributed by atoms with Gasteiger partial charge in [0.1, 0.15) is 0 Å². The molecule has 0 aliphatic carbocycles. The molecule has 0 atom stereocenters. The Morgan fingerprint density at radius 1 is 1.00 bits per heavy atom. The predicted molar refractivity (Wildman–Crippen MR) is 46.4 cm³/mol. The molecule has 0 N–H and O–H groups in total. The molecular weight excluding hydrogens is 171 g/mol. The summed E-state index contributed by atoms with van der Waals surface area (Å²) in [5.74, 6) is 0. The van der Waals surface area contributed by atoms with Crippen molar-refractivity contribution in [2.24, 2.45) is 0 Å². The quantitative estimate of drug-likeness (QED) is 0.599. The summed E-state index contributed by atoms with van der Waals surface area (Å²) in [5, 5.41) is 1.47. The van der Waals surface area contributed by atoms with Crippen LogP contribution in [-0.4, -0.2) is 14.7 Å². The van der Waals surface area contributed by atoms with E-state index in [0.717, 1.165) is 9.41 Å². The zero-order chi connectivity index (χ0) is 7.44. The fourth-order valence-electron chi connectivity index (χ4n) is 1.33. The molecule has 9 heavy (non-hydrogen) atoms. The van der Waals surface area contributed by atoms with E-state index >= 15 is 0 Å². The summed E-state index contributed by atoms with van der Waals surface area (Å²) in [6, 6.07) is 0. The SMILES string of the molecule is CC[As](C(C)C)C(C)C. The van der Waals surface area contributed by atoms with Crippen LogP contribution < -0.4 is 0 Å². The number of rotatable bonds is 3. The molecule has 0 aromatic carbocycles. The van der Waals surface area contributed by atoms with Gasteiger partial charge in [0.15, 0.2) is 0 Å². The molecular formula is C8H19As. The molecule has 0 spiro atoms. The van der Waals surface area contributed by atoms with Crippen molar-refractivity contribution in [1.82, 2.24) is 0 Å². The minimum atomic E-state index is -0.424. The maximum absolute atomic E-state index is 2.38. The first-order valence-corrected chi connectivity index (χ1v) is 7.34. The molecule has 0 aromatic rings. The second-order valence-electron chi connectivity index (χ2n) is 3.02. The maximum atomic E-state index is 2.38. The van der Waals surface area contributed by atoms with Crippen molar-refractivity contribution in [3.8, 4) is 0 Å². The van der Waals surface area contributed by atoms with Crippen molar-refractivity contribution < 1.29 is 0 Å². The second-order valence-corrected chi connectivity index (χ2v) is 10.8. The van der Waals surface area contributed by atoms with Crippen LogP contribution >= 0.6 is 0 Å². The molecule has 0 fully saturated rings. The Hall–Kier alpha value is 0.558. The third-order valence-electron chi connectivity index (χ3n) is 1.69.